The van der Waals surface area contributed by atoms with E-state index in [0.717, 1.165) is 36.2 Å². The highest BCUT2D eigenvalue weighted by Crippen LogP contribution is 2.28. The summed E-state index contributed by atoms with van der Waals surface area (Å²) in [6.07, 6.45) is 9.91. The number of aromatic nitrogens is 5. The Balaban J connectivity index is 1.82. The lowest BCUT2D eigenvalue weighted by atomic mass is 9.96. The van der Waals surface area contributed by atoms with Crippen molar-refractivity contribution in [2.75, 3.05) is 6.54 Å². The van der Waals surface area contributed by atoms with Gasteiger partial charge in [0.25, 0.3) is 0 Å². The SMILES string of the molecule is Cc1cc2nc(-c3cncn3C)cc(CCc3ccnnc3)c2cc1CCN. The maximum Gasteiger partial charge on any atom is 0.0948 e. The van der Waals surface area contributed by atoms with Gasteiger partial charge in [0.1, 0.15) is 0 Å². The van der Waals surface area contributed by atoms with E-state index in [1.165, 1.54) is 27.6 Å². The van der Waals surface area contributed by atoms with E-state index >= 15 is 0 Å². The van der Waals surface area contributed by atoms with Crippen LogP contribution in [0.4, 0.5) is 0 Å². The van der Waals surface area contributed by atoms with Crippen LogP contribution in [0.3, 0.4) is 0 Å². The predicted molar refractivity (Wildman–Crippen MR) is 111 cm³/mol. The van der Waals surface area contributed by atoms with Crippen molar-refractivity contribution in [2.45, 2.75) is 26.2 Å². The summed E-state index contributed by atoms with van der Waals surface area (Å²) in [4.78, 5) is 9.19. The lowest BCUT2D eigenvalue weighted by Gasteiger charge is -2.13. The fourth-order valence-electron chi connectivity index (χ4n) is 3.60. The Labute approximate surface area is 164 Å². The van der Waals surface area contributed by atoms with Gasteiger partial charge in [0.05, 0.1) is 35.6 Å². The Morgan fingerprint density at radius 1 is 1.00 bits per heavy atom. The molecule has 0 radical (unpaired) electrons. The second-order valence-corrected chi connectivity index (χ2v) is 7.14. The van der Waals surface area contributed by atoms with Crippen LogP contribution in [-0.2, 0) is 26.3 Å². The first-order chi connectivity index (χ1) is 13.7. The lowest BCUT2D eigenvalue weighted by molar-refractivity contribution is 0.910. The summed E-state index contributed by atoms with van der Waals surface area (Å²) in [6, 6.07) is 8.65. The Hall–Kier alpha value is -3.12. The molecule has 0 aliphatic heterocycles. The molecule has 6 nitrogen and oxygen atoms in total. The molecule has 28 heavy (non-hydrogen) atoms. The van der Waals surface area contributed by atoms with Gasteiger partial charge >= 0.3 is 0 Å². The first kappa shape index (κ1) is 18.3. The number of imidazole rings is 1. The van der Waals surface area contributed by atoms with Gasteiger partial charge in [-0.25, -0.2) is 9.97 Å². The molecule has 0 amide bonds. The van der Waals surface area contributed by atoms with Gasteiger partial charge in [0, 0.05) is 18.6 Å². The number of hydrogen-bond donors (Lipinski definition) is 1. The standard InChI is InChI=1S/C22H24N6/c1-15-9-20-19(10-17(15)5-7-23)18(4-3-16-6-8-25-26-12-16)11-21(27-20)22-13-24-14-28(22)2/h6,8-14H,3-5,7,23H2,1-2H3. The third kappa shape index (κ3) is 3.64. The second kappa shape index (κ2) is 7.86. The average molecular weight is 372 g/mol. The quantitative estimate of drug-likeness (QED) is 0.562. The molecule has 2 N–H and O–H groups in total. The molecule has 0 fully saturated rings. The molecule has 4 rings (SSSR count). The van der Waals surface area contributed by atoms with Crippen molar-refractivity contribution in [1.82, 2.24) is 24.7 Å². The minimum absolute atomic E-state index is 0.644. The zero-order chi connectivity index (χ0) is 19.5. The molecule has 0 atom stereocenters. The highest BCUT2D eigenvalue weighted by Gasteiger charge is 2.12. The number of pyridine rings is 1. The molecular formula is C22H24N6. The van der Waals surface area contributed by atoms with E-state index in [4.69, 9.17) is 10.7 Å². The predicted octanol–water partition coefficient (Wildman–Crippen LogP) is 3.02. The number of aryl methyl sites for hydroxylation is 4. The van der Waals surface area contributed by atoms with Gasteiger partial charge in [-0.05, 0) is 79.3 Å². The Kier molecular flexibility index (Phi) is 5.12. The van der Waals surface area contributed by atoms with E-state index in [1.807, 2.05) is 30.1 Å². The van der Waals surface area contributed by atoms with E-state index in [2.05, 4.69) is 40.3 Å². The molecule has 3 heterocycles. The van der Waals surface area contributed by atoms with Crippen LogP contribution in [0.2, 0.25) is 0 Å². The molecule has 142 valence electrons. The molecule has 0 unspecified atom stereocenters. The lowest BCUT2D eigenvalue weighted by Crippen LogP contribution is -2.05. The normalized spacial score (nSPS) is 11.2. The van der Waals surface area contributed by atoms with E-state index in [-0.39, 0.29) is 0 Å². The summed E-state index contributed by atoms with van der Waals surface area (Å²) in [6.45, 7) is 2.77. The van der Waals surface area contributed by atoms with Gasteiger partial charge in [0.2, 0.25) is 0 Å². The summed E-state index contributed by atoms with van der Waals surface area (Å²) in [5.41, 5.74) is 13.8. The van der Waals surface area contributed by atoms with Crippen LogP contribution < -0.4 is 5.73 Å². The molecule has 0 saturated carbocycles. The third-order valence-electron chi connectivity index (χ3n) is 5.17. The van der Waals surface area contributed by atoms with Gasteiger partial charge in [-0.2, -0.15) is 10.2 Å². The fourth-order valence-corrected chi connectivity index (χ4v) is 3.60. The van der Waals surface area contributed by atoms with Gasteiger partial charge < -0.3 is 10.3 Å². The first-order valence-electron chi connectivity index (χ1n) is 9.51. The second-order valence-electron chi connectivity index (χ2n) is 7.14. The molecule has 4 aromatic rings. The van der Waals surface area contributed by atoms with Crippen LogP contribution in [-0.4, -0.2) is 31.3 Å². The van der Waals surface area contributed by atoms with Gasteiger partial charge in [-0.15, -0.1) is 0 Å². The number of hydrogen-bond acceptors (Lipinski definition) is 5. The van der Waals surface area contributed by atoms with Gasteiger partial charge in [-0.1, -0.05) is 0 Å². The summed E-state index contributed by atoms with van der Waals surface area (Å²) >= 11 is 0. The molecular weight excluding hydrogens is 348 g/mol. The molecule has 6 heteroatoms. The van der Waals surface area contributed by atoms with E-state index in [0.29, 0.717) is 6.54 Å². The van der Waals surface area contributed by atoms with Crippen molar-refractivity contribution in [3.05, 3.63) is 71.4 Å². The van der Waals surface area contributed by atoms with Gasteiger partial charge in [-0.3, -0.25) is 0 Å². The molecule has 1 aromatic carbocycles. The number of rotatable bonds is 6. The molecule has 0 bridgehead atoms. The highest BCUT2D eigenvalue weighted by molar-refractivity contribution is 5.86. The van der Waals surface area contributed by atoms with Crippen molar-refractivity contribution >= 4 is 10.9 Å². The smallest absolute Gasteiger partial charge is 0.0948 e. The maximum atomic E-state index is 5.81. The summed E-state index contributed by atoms with van der Waals surface area (Å²) < 4.78 is 2.00. The van der Waals surface area contributed by atoms with Crippen molar-refractivity contribution in [3.8, 4) is 11.4 Å². The van der Waals surface area contributed by atoms with Crippen LogP contribution in [0.5, 0.6) is 0 Å². The Morgan fingerprint density at radius 3 is 2.61 bits per heavy atom. The third-order valence-corrected chi connectivity index (χ3v) is 5.17. The van der Waals surface area contributed by atoms with Crippen LogP contribution >= 0.6 is 0 Å². The van der Waals surface area contributed by atoms with Gasteiger partial charge in [0.15, 0.2) is 0 Å². The topological polar surface area (TPSA) is 82.5 Å². The van der Waals surface area contributed by atoms with Crippen molar-refractivity contribution in [2.24, 2.45) is 12.8 Å². The van der Waals surface area contributed by atoms with Crippen LogP contribution in [0.25, 0.3) is 22.3 Å². The average Bonchev–Trinajstić information content (AvgIpc) is 3.13. The molecule has 3 aromatic heterocycles. The molecule has 0 saturated heterocycles. The highest BCUT2D eigenvalue weighted by atomic mass is 15.1. The minimum Gasteiger partial charge on any atom is -0.332 e. The van der Waals surface area contributed by atoms with Crippen LogP contribution in [0.1, 0.15) is 22.3 Å². The molecule has 0 spiro atoms. The fraction of sp³-hybridized carbons (Fsp3) is 0.273. The van der Waals surface area contributed by atoms with Crippen LogP contribution in [0.15, 0.2) is 49.2 Å². The minimum atomic E-state index is 0.644. The number of benzene rings is 1. The summed E-state index contributed by atoms with van der Waals surface area (Å²) in [5, 5.41) is 9.06. The molecule has 0 aliphatic carbocycles. The summed E-state index contributed by atoms with van der Waals surface area (Å²) in [7, 11) is 1.99. The summed E-state index contributed by atoms with van der Waals surface area (Å²) in [5.74, 6) is 0. The van der Waals surface area contributed by atoms with E-state index in [1.54, 1.807) is 12.5 Å². The van der Waals surface area contributed by atoms with E-state index in [9.17, 15) is 0 Å². The number of nitrogens with two attached hydrogens (primary N) is 1. The number of nitrogens with zero attached hydrogens (tertiary/aromatic N) is 5. The maximum absolute atomic E-state index is 5.81. The zero-order valence-corrected chi connectivity index (χ0v) is 16.3. The monoisotopic (exact) mass is 372 g/mol. The largest absolute Gasteiger partial charge is 0.332 e. The van der Waals surface area contributed by atoms with Crippen molar-refractivity contribution < 1.29 is 0 Å². The number of fused-ring (bicyclic) bond motifs is 1. The van der Waals surface area contributed by atoms with Crippen molar-refractivity contribution in [3.63, 3.8) is 0 Å². The Bertz CT molecular complexity index is 1100. The van der Waals surface area contributed by atoms with Crippen molar-refractivity contribution in [1.29, 1.82) is 0 Å². The first-order valence-corrected chi connectivity index (χ1v) is 9.51. The van der Waals surface area contributed by atoms with E-state index < -0.39 is 0 Å². The van der Waals surface area contributed by atoms with Crippen LogP contribution in [0, 0.1) is 6.92 Å². The Morgan fingerprint density at radius 2 is 1.89 bits per heavy atom. The zero-order valence-electron chi connectivity index (χ0n) is 16.3. The molecule has 0 aliphatic rings.